The minimum atomic E-state index is -1.62. The molecule has 28 nitrogen and oxygen atoms in total. The van der Waals surface area contributed by atoms with Crippen molar-refractivity contribution in [2.45, 2.75) is 105 Å². The van der Waals surface area contributed by atoms with E-state index in [-0.39, 0.29) is 113 Å². The molecule has 13 rings (SSSR count). The number of fused-ring (bicyclic) bond motifs is 8. The summed E-state index contributed by atoms with van der Waals surface area (Å²) in [6.07, 6.45) is -2.03. The number of amides is 8. The predicted octanol–water partition coefficient (Wildman–Crippen LogP) is 7.59. The fourth-order valence-corrected chi connectivity index (χ4v) is 13.8. The molecule has 0 saturated heterocycles. The van der Waals surface area contributed by atoms with Crippen molar-refractivity contribution in [3.05, 3.63) is 259 Å². The van der Waals surface area contributed by atoms with E-state index in [2.05, 4.69) is 41.7 Å². The van der Waals surface area contributed by atoms with Crippen LogP contribution in [-0.2, 0) is 83.2 Å². The number of benzene rings is 8. The van der Waals surface area contributed by atoms with Gasteiger partial charge in [0, 0.05) is 148 Å². The number of nitrogens with zero attached hydrogens (tertiary/aromatic N) is 8. The number of esters is 4. The van der Waals surface area contributed by atoms with E-state index in [1.807, 2.05) is 0 Å². The highest BCUT2D eigenvalue weighted by molar-refractivity contribution is 6.14. The summed E-state index contributed by atoms with van der Waals surface area (Å²) in [5.41, 5.74) is 2.07. The molecular weight excluding hydrogens is 1380 g/mol. The molecule has 0 aromatic heterocycles. The number of rotatable bonds is 12. The number of carbonyl (C=O) groups excluding carboxylic acids is 12. The second-order valence-electron chi connectivity index (χ2n) is 26.0. The number of hydrogen-bond acceptors (Lipinski definition) is 20. The Kier molecular flexibility index (Phi) is 20.1. The summed E-state index contributed by atoms with van der Waals surface area (Å²) in [6.45, 7) is 9.31. The lowest BCUT2D eigenvalue weighted by molar-refractivity contribution is -0.139. The first kappa shape index (κ1) is 72.4. The monoisotopic (exact) mass is 1450 g/mol. The Morgan fingerprint density at radius 1 is 0.287 bits per heavy atom. The van der Waals surface area contributed by atoms with Crippen LogP contribution in [0.3, 0.4) is 0 Å². The number of amidine groups is 4. The Morgan fingerprint density at radius 2 is 0.454 bits per heavy atom. The molecule has 0 saturated carbocycles. The van der Waals surface area contributed by atoms with Crippen LogP contribution in [0.25, 0.3) is 0 Å². The number of hydrogen-bond donors (Lipinski definition) is 4. The van der Waals surface area contributed by atoms with E-state index in [4.69, 9.17) is 18.9 Å². The summed E-state index contributed by atoms with van der Waals surface area (Å²) in [6, 6.07) is 39.4. The molecule has 4 aliphatic heterocycles. The van der Waals surface area contributed by atoms with E-state index in [0.717, 1.165) is 47.7 Å². The van der Waals surface area contributed by atoms with Gasteiger partial charge >= 0.3 is 23.9 Å². The molecule has 8 aromatic carbocycles. The summed E-state index contributed by atoms with van der Waals surface area (Å²) >= 11 is 0. The van der Waals surface area contributed by atoms with Gasteiger partial charge in [0.25, 0.3) is 23.6 Å². The summed E-state index contributed by atoms with van der Waals surface area (Å²) in [5, 5.41) is 34.0. The van der Waals surface area contributed by atoms with E-state index in [0.29, 0.717) is 22.3 Å². The number of carbonyl (C=O) groups is 12. The standard InChI is InChI=1S/C80H68N12O16/c1-41(93)89-65(77(101)81-73(85-89)49-21-13-9-14-22-49)53-29-57-37-59-31-54(66-78(102)82-74(86-90(66)42(2)94)50-23-15-10-16-24-50)33-61(70(59)106-46(6)98)39-63-35-56(68-80(104)84-76(88-92(68)44(4)96)52-27-19-12-20-28-52)36-64(72(63)108-48(8)100)40-62-34-55(32-60(71(62)107-47(7)99)38-58(30-53)69(57)105-45(5)97)67-79(103)83-75(87-91(67)43(3)95)51-25-17-11-18-26-51/h9-36,65-68H,37-40H2,1-8H3,(H,81,85,101)(H,82,86,102)(H,83,87,103)(H,84,88,104). The summed E-state index contributed by atoms with van der Waals surface area (Å²) in [7, 11) is 0. The number of hydrazone groups is 4. The highest BCUT2D eigenvalue weighted by atomic mass is 16.5. The first-order valence-corrected chi connectivity index (χ1v) is 34.1. The third-order valence-electron chi connectivity index (χ3n) is 18.1. The molecule has 0 radical (unpaired) electrons. The molecule has 544 valence electrons. The SMILES string of the molecule is CC(=O)Oc1c2cc(C3C(=O)NC(c4ccccc4)=NN3C(C)=O)cc1Cc1cc(C3C(=O)NC(c4ccccc4)=NN3C(C)=O)cc(c1OC(C)=O)Cc1cc(C3C(=O)NC(c4ccccc4)=NN3C(C)=O)cc(c1OC(C)=O)Cc1cc(C3C(=O)NC(c4ccccc4)=NN3C(C)=O)cc(c1OC(C)=O)C2. The third kappa shape index (κ3) is 14.9. The van der Waals surface area contributed by atoms with Gasteiger partial charge in [0.05, 0.1) is 0 Å². The van der Waals surface area contributed by atoms with Gasteiger partial charge in [-0.25, -0.2) is 20.0 Å². The van der Waals surface area contributed by atoms with E-state index in [9.17, 15) is 38.4 Å². The Bertz CT molecular complexity index is 4550. The van der Waals surface area contributed by atoms with Crippen molar-refractivity contribution in [1.29, 1.82) is 0 Å². The molecule has 8 amide bonds. The highest BCUT2D eigenvalue weighted by Crippen LogP contribution is 2.46. The number of nitrogens with one attached hydrogen (secondary N) is 4. The lowest BCUT2D eigenvalue weighted by Crippen LogP contribution is -2.49. The Balaban J connectivity index is 1.15. The maximum atomic E-state index is 15.2. The van der Waals surface area contributed by atoms with Crippen LogP contribution < -0.4 is 40.2 Å². The van der Waals surface area contributed by atoms with E-state index in [1.54, 1.807) is 121 Å². The van der Waals surface area contributed by atoms with Crippen molar-refractivity contribution in [1.82, 2.24) is 41.3 Å². The topological polar surface area (TPSA) is 352 Å². The van der Waals surface area contributed by atoms with Gasteiger partial charge < -0.3 is 40.2 Å². The van der Waals surface area contributed by atoms with Crippen LogP contribution in [0.2, 0.25) is 0 Å². The molecule has 4 unspecified atom stereocenters. The molecule has 0 spiro atoms. The maximum Gasteiger partial charge on any atom is 0.308 e. The minimum Gasteiger partial charge on any atom is -0.426 e. The summed E-state index contributed by atoms with van der Waals surface area (Å²) < 4.78 is 25.3. The van der Waals surface area contributed by atoms with E-state index >= 15 is 19.2 Å². The lowest BCUT2D eigenvalue weighted by atomic mass is 9.85. The van der Waals surface area contributed by atoms with Crippen molar-refractivity contribution in [3.8, 4) is 23.0 Å². The van der Waals surface area contributed by atoms with Gasteiger partial charge in [-0.2, -0.15) is 20.4 Å². The molecule has 4 heterocycles. The maximum absolute atomic E-state index is 15.2. The van der Waals surface area contributed by atoms with Crippen LogP contribution >= 0.6 is 0 Å². The van der Waals surface area contributed by atoms with E-state index < -0.39 is 121 Å². The first-order chi connectivity index (χ1) is 51.7. The van der Waals surface area contributed by atoms with Gasteiger partial charge in [0.1, 0.15) is 23.0 Å². The molecule has 108 heavy (non-hydrogen) atoms. The van der Waals surface area contributed by atoms with Gasteiger partial charge in [-0.1, -0.05) is 121 Å². The summed E-state index contributed by atoms with van der Waals surface area (Å²) in [5.74, 6) is -10.2. The van der Waals surface area contributed by atoms with E-state index in [1.165, 1.54) is 76.2 Å². The zero-order valence-electron chi connectivity index (χ0n) is 59.4. The van der Waals surface area contributed by atoms with Gasteiger partial charge in [0.2, 0.25) is 23.6 Å². The fourth-order valence-electron chi connectivity index (χ4n) is 13.8. The smallest absolute Gasteiger partial charge is 0.308 e. The Morgan fingerprint density at radius 3 is 0.602 bits per heavy atom. The molecule has 0 fully saturated rings. The van der Waals surface area contributed by atoms with Crippen molar-refractivity contribution in [3.63, 3.8) is 0 Å². The normalized spacial score (nSPS) is 17.6. The third-order valence-corrected chi connectivity index (χ3v) is 18.1. The average Bonchev–Trinajstić information content (AvgIpc) is 0.755. The van der Waals surface area contributed by atoms with Crippen molar-refractivity contribution in [2.75, 3.05) is 0 Å². The Labute approximate surface area is 617 Å². The molecule has 4 atom stereocenters. The van der Waals surface area contributed by atoms with Crippen LogP contribution in [0.15, 0.2) is 190 Å². The van der Waals surface area contributed by atoms with Gasteiger partial charge in [0.15, 0.2) is 47.5 Å². The van der Waals surface area contributed by atoms with Crippen LogP contribution in [0.4, 0.5) is 0 Å². The molecule has 28 heteroatoms. The number of ether oxygens (including phenoxy) is 4. The van der Waals surface area contributed by atoms with Gasteiger partial charge in [-0.15, -0.1) is 0 Å². The summed E-state index contributed by atoms with van der Waals surface area (Å²) in [4.78, 5) is 173. The minimum absolute atomic E-state index is 0.0203. The first-order valence-electron chi connectivity index (χ1n) is 34.1. The highest BCUT2D eigenvalue weighted by Gasteiger charge is 2.43. The Hall–Kier alpha value is -13.9. The molecule has 4 N–H and O–H groups in total. The largest absolute Gasteiger partial charge is 0.426 e. The lowest BCUT2D eigenvalue weighted by Gasteiger charge is -2.33. The van der Waals surface area contributed by atoms with Crippen molar-refractivity contribution in [2.24, 2.45) is 20.4 Å². The average molecular weight is 1450 g/mol. The molecular formula is C80H68N12O16. The van der Waals surface area contributed by atoms with Crippen LogP contribution in [0, 0.1) is 0 Å². The second kappa shape index (κ2) is 30.0. The molecule has 8 aromatic rings. The zero-order valence-corrected chi connectivity index (χ0v) is 59.4. The quantitative estimate of drug-likeness (QED) is 0.0676. The van der Waals surface area contributed by atoms with Crippen molar-refractivity contribution < 1.29 is 76.5 Å². The molecule has 1 aliphatic carbocycles. The van der Waals surface area contributed by atoms with Crippen LogP contribution in [-0.4, -0.2) is 115 Å². The molecule has 8 bridgehead atoms. The van der Waals surface area contributed by atoms with Gasteiger partial charge in [-0.3, -0.25) is 57.5 Å². The van der Waals surface area contributed by atoms with Crippen LogP contribution in [0.5, 0.6) is 23.0 Å². The van der Waals surface area contributed by atoms with Crippen molar-refractivity contribution >= 4 is 94.5 Å². The predicted molar refractivity (Wildman–Crippen MR) is 388 cm³/mol. The van der Waals surface area contributed by atoms with Gasteiger partial charge in [-0.05, 0) is 70.8 Å². The fraction of sp³-hybridized carbons (Fsp3) is 0.200. The zero-order chi connectivity index (χ0) is 76.5. The second-order valence-corrected chi connectivity index (χ2v) is 26.0. The molecule has 5 aliphatic rings. The van der Waals surface area contributed by atoms with Crippen LogP contribution in [0.1, 0.15) is 169 Å².